The Hall–Kier alpha value is -1.06. The molecule has 2 heterocycles. The fraction of sp³-hybridized carbons (Fsp3) is 0.200. The molecule has 0 saturated carbocycles. The summed E-state index contributed by atoms with van der Waals surface area (Å²) in [6.45, 7) is 2.10. The van der Waals surface area contributed by atoms with Crippen LogP contribution in [0.25, 0.3) is 11.0 Å². The van der Waals surface area contributed by atoms with Crippen LogP contribution in [0.1, 0.15) is 21.0 Å². The number of furan rings is 1. The van der Waals surface area contributed by atoms with Gasteiger partial charge in [-0.05, 0) is 36.6 Å². The monoisotopic (exact) mass is 320 g/mol. The third-order valence-corrected chi connectivity index (χ3v) is 4.63. The lowest BCUT2D eigenvalue weighted by atomic mass is 10.1. The van der Waals surface area contributed by atoms with Gasteiger partial charge in [-0.1, -0.05) is 33.6 Å². The van der Waals surface area contributed by atoms with E-state index in [0.717, 1.165) is 17.8 Å². The van der Waals surface area contributed by atoms with E-state index >= 15 is 0 Å². The zero-order valence-corrected chi connectivity index (χ0v) is 12.4. The molecule has 2 aromatic heterocycles. The maximum absolute atomic E-state index is 5.89. The van der Waals surface area contributed by atoms with E-state index in [0.29, 0.717) is 0 Å². The van der Waals surface area contributed by atoms with Gasteiger partial charge in [0, 0.05) is 16.7 Å². The first-order chi connectivity index (χ1) is 8.72. The fourth-order valence-corrected chi connectivity index (χ4v) is 3.58. The highest BCUT2D eigenvalue weighted by molar-refractivity contribution is 9.09. The summed E-state index contributed by atoms with van der Waals surface area (Å²) in [5.41, 5.74) is 2.23. The fourth-order valence-electron chi connectivity index (χ4n) is 2.04. The Kier molecular flexibility index (Phi) is 3.27. The van der Waals surface area contributed by atoms with E-state index in [-0.39, 0.29) is 4.83 Å². The topological polar surface area (TPSA) is 13.1 Å². The van der Waals surface area contributed by atoms with E-state index in [4.69, 9.17) is 4.42 Å². The van der Waals surface area contributed by atoms with Crippen LogP contribution in [-0.4, -0.2) is 0 Å². The van der Waals surface area contributed by atoms with Gasteiger partial charge in [0.25, 0.3) is 0 Å². The van der Waals surface area contributed by atoms with E-state index in [1.165, 1.54) is 15.8 Å². The highest BCUT2D eigenvalue weighted by atomic mass is 79.9. The molecule has 0 bridgehead atoms. The molecule has 0 spiro atoms. The van der Waals surface area contributed by atoms with Gasteiger partial charge in [-0.25, -0.2) is 0 Å². The van der Waals surface area contributed by atoms with Crippen molar-refractivity contribution >= 4 is 38.2 Å². The van der Waals surface area contributed by atoms with Crippen LogP contribution >= 0.6 is 27.3 Å². The first-order valence-corrected chi connectivity index (χ1v) is 7.68. The van der Waals surface area contributed by atoms with Gasteiger partial charge >= 0.3 is 0 Å². The van der Waals surface area contributed by atoms with E-state index in [1.54, 1.807) is 11.3 Å². The van der Waals surface area contributed by atoms with E-state index in [2.05, 4.69) is 58.6 Å². The third kappa shape index (κ3) is 2.38. The van der Waals surface area contributed by atoms with Gasteiger partial charge in [-0.3, -0.25) is 0 Å². The number of halogens is 1. The van der Waals surface area contributed by atoms with Crippen molar-refractivity contribution in [3.8, 4) is 0 Å². The Labute approximate surface area is 119 Å². The van der Waals surface area contributed by atoms with Crippen molar-refractivity contribution in [2.24, 2.45) is 0 Å². The summed E-state index contributed by atoms with van der Waals surface area (Å²) in [4.78, 5) is 1.61. The van der Waals surface area contributed by atoms with Crippen molar-refractivity contribution in [1.29, 1.82) is 0 Å². The van der Waals surface area contributed by atoms with E-state index in [1.807, 2.05) is 6.07 Å². The molecule has 3 aromatic rings. The summed E-state index contributed by atoms with van der Waals surface area (Å²) in [6.07, 6.45) is 0.969. The van der Waals surface area contributed by atoms with Crippen molar-refractivity contribution < 1.29 is 4.42 Å². The molecule has 1 unspecified atom stereocenters. The summed E-state index contributed by atoms with van der Waals surface area (Å²) < 4.78 is 5.89. The van der Waals surface area contributed by atoms with Gasteiger partial charge in [0.05, 0.1) is 4.83 Å². The summed E-state index contributed by atoms with van der Waals surface area (Å²) in [5, 5.41) is 3.29. The number of thiophene rings is 1. The van der Waals surface area contributed by atoms with Crippen molar-refractivity contribution in [1.82, 2.24) is 0 Å². The second kappa shape index (κ2) is 4.90. The number of rotatable bonds is 3. The standard InChI is InChI=1S/C15H13BrOS/c1-10-4-5-14-11(7-10)8-15(17-14)13(16)9-12-3-2-6-18-12/h2-8,13H,9H2,1H3. The zero-order chi connectivity index (χ0) is 12.5. The Balaban J connectivity index is 1.89. The minimum atomic E-state index is 0.240. The minimum Gasteiger partial charge on any atom is -0.460 e. The van der Waals surface area contributed by atoms with Crippen LogP contribution in [0.3, 0.4) is 0 Å². The number of aryl methyl sites for hydroxylation is 1. The molecule has 0 aliphatic carbocycles. The molecule has 18 heavy (non-hydrogen) atoms. The molecule has 92 valence electrons. The van der Waals surface area contributed by atoms with Crippen LogP contribution in [0.4, 0.5) is 0 Å². The quantitative estimate of drug-likeness (QED) is 0.582. The van der Waals surface area contributed by atoms with E-state index < -0.39 is 0 Å². The Morgan fingerprint density at radius 3 is 2.94 bits per heavy atom. The largest absolute Gasteiger partial charge is 0.460 e. The smallest absolute Gasteiger partial charge is 0.134 e. The van der Waals surface area contributed by atoms with Crippen LogP contribution < -0.4 is 0 Å². The lowest BCUT2D eigenvalue weighted by molar-refractivity contribution is 0.546. The van der Waals surface area contributed by atoms with Crippen molar-refractivity contribution in [2.75, 3.05) is 0 Å². The predicted octanol–water partition coefficient (Wildman–Crippen LogP) is 5.48. The summed E-state index contributed by atoms with van der Waals surface area (Å²) in [7, 11) is 0. The Morgan fingerprint density at radius 2 is 2.17 bits per heavy atom. The number of fused-ring (bicyclic) bond motifs is 1. The van der Waals surface area contributed by atoms with Gasteiger partial charge in [0.1, 0.15) is 11.3 Å². The number of hydrogen-bond acceptors (Lipinski definition) is 2. The third-order valence-electron chi connectivity index (χ3n) is 2.96. The summed E-state index contributed by atoms with van der Waals surface area (Å²) >= 11 is 5.50. The van der Waals surface area contributed by atoms with Crippen molar-refractivity contribution in [2.45, 2.75) is 18.2 Å². The lowest BCUT2D eigenvalue weighted by Gasteiger charge is -2.03. The van der Waals surface area contributed by atoms with Crippen LogP contribution in [0.15, 0.2) is 46.2 Å². The lowest BCUT2D eigenvalue weighted by Crippen LogP contribution is -1.90. The van der Waals surface area contributed by atoms with Crippen LogP contribution in [0.5, 0.6) is 0 Å². The summed E-state index contributed by atoms with van der Waals surface area (Å²) in [5.74, 6) is 1.00. The highest BCUT2D eigenvalue weighted by Crippen LogP contribution is 2.33. The molecule has 1 nitrogen and oxygen atoms in total. The van der Waals surface area contributed by atoms with Crippen LogP contribution in [0, 0.1) is 6.92 Å². The average Bonchev–Trinajstić information content (AvgIpc) is 2.96. The molecule has 0 fully saturated rings. The van der Waals surface area contributed by atoms with Gasteiger partial charge in [0.2, 0.25) is 0 Å². The van der Waals surface area contributed by atoms with Crippen LogP contribution in [0.2, 0.25) is 0 Å². The SMILES string of the molecule is Cc1ccc2oc(C(Br)Cc3cccs3)cc2c1. The first-order valence-electron chi connectivity index (χ1n) is 5.89. The molecular weight excluding hydrogens is 308 g/mol. The molecule has 0 aliphatic heterocycles. The Morgan fingerprint density at radius 1 is 1.28 bits per heavy atom. The molecule has 0 radical (unpaired) electrons. The maximum Gasteiger partial charge on any atom is 0.134 e. The molecule has 3 rings (SSSR count). The minimum absolute atomic E-state index is 0.240. The number of benzene rings is 1. The second-order valence-electron chi connectivity index (χ2n) is 4.44. The van der Waals surface area contributed by atoms with Gasteiger partial charge in [0.15, 0.2) is 0 Å². The normalized spacial score (nSPS) is 13.0. The van der Waals surface area contributed by atoms with Gasteiger partial charge < -0.3 is 4.42 Å². The van der Waals surface area contributed by atoms with E-state index in [9.17, 15) is 0 Å². The van der Waals surface area contributed by atoms with Crippen molar-refractivity contribution in [3.05, 3.63) is 58.0 Å². The zero-order valence-electron chi connectivity index (χ0n) is 10.0. The highest BCUT2D eigenvalue weighted by Gasteiger charge is 2.14. The molecule has 0 N–H and O–H groups in total. The molecule has 3 heteroatoms. The molecule has 0 saturated heterocycles. The molecule has 0 amide bonds. The number of hydrogen-bond donors (Lipinski definition) is 0. The van der Waals surface area contributed by atoms with Crippen LogP contribution in [-0.2, 0) is 6.42 Å². The van der Waals surface area contributed by atoms with Gasteiger partial charge in [-0.2, -0.15) is 0 Å². The molecule has 1 atom stereocenters. The van der Waals surface area contributed by atoms with Gasteiger partial charge in [-0.15, -0.1) is 11.3 Å². The second-order valence-corrected chi connectivity index (χ2v) is 6.58. The summed E-state index contributed by atoms with van der Waals surface area (Å²) in [6, 6.07) is 12.7. The first kappa shape index (κ1) is 12.0. The average molecular weight is 321 g/mol. The molecule has 0 aliphatic rings. The predicted molar refractivity (Wildman–Crippen MR) is 80.6 cm³/mol. The Bertz CT molecular complexity index is 654. The molecule has 1 aromatic carbocycles. The molecular formula is C15H13BrOS. The van der Waals surface area contributed by atoms with Crippen molar-refractivity contribution in [3.63, 3.8) is 0 Å². The maximum atomic E-state index is 5.89. The number of alkyl halides is 1.